The number of amides is 1. The molecule has 4 rings (SSSR count). The fraction of sp³-hybridized carbons (Fsp3) is 0.480. The van der Waals surface area contributed by atoms with Crippen LogP contribution in [0.4, 0.5) is 19.0 Å². The van der Waals surface area contributed by atoms with Crippen LogP contribution >= 0.6 is 11.6 Å². The number of nitriles is 1. The van der Waals surface area contributed by atoms with Gasteiger partial charge in [0.05, 0.1) is 34.4 Å². The first-order valence-corrected chi connectivity index (χ1v) is 12.1. The summed E-state index contributed by atoms with van der Waals surface area (Å²) in [5.74, 6) is 0.862. The quantitative estimate of drug-likeness (QED) is 0.548. The van der Waals surface area contributed by atoms with Gasteiger partial charge in [-0.05, 0) is 56.0 Å². The van der Waals surface area contributed by atoms with Gasteiger partial charge in [0.15, 0.2) is 0 Å². The second-order valence-corrected chi connectivity index (χ2v) is 9.28. The zero-order chi connectivity index (χ0) is 25.7. The number of benzene rings is 1. The number of aromatic nitrogens is 1. The van der Waals surface area contributed by atoms with Gasteiger partial charge in [-0.2, -0.15) is 18.4 Å². The number of carbonyl (C=O) groups is 1. The van der Waals surface area contributed by atoms with Crippen LogP contribution in [0, 0.1) is 11.3 Å². The Balaban J connectivity index is 1.19. The number of pyridine rings is 1. The molecular weight excluding hydrogens is 497 g/mol. The number of rotatable bonds is 6. The first-order valence-electron chi connectivity index (χ1n) is 11.8. The highest BCUT2D eigenvalue weighted by Crippen LogP contribution is 2.35. The third-order valence-corrected chi connectivity index (χ3v) is 6.68. The van der Waals surface area contributed by atoms with Crippen LogP contribution in [-0.2, 0) is 15.7 Å². The van der Waals surface area contributed by atoms with Crippen molar-refractivity contribution in [3.8, 4) is 11.8 Å². The van der Waals surface area contributed by atoms with E-state index in [1.807, 2.05) is 6.07 Å². The number of piperazine rings is 1. The molecule has 0 bridgehead atoms. The normalized spacial score (nSPS) is 20.6. The van der Waals surface area contributed by atoms with Gasteiger partial charge >= 0.3 is 6.18 Å². The Labute approximate surface area is 212 Å². The summed E-state index contributed by atoms with van der Waals surface area (Å²) in [6.07, 6.45) is -0.857. The van der Waals surface area contributed by atoms with Crippen LogP contribution in [-0.4, -0.2) is 60.8 Å². The van der Waals surface area contributed by atoms with E-state index in [1.54, 1.807) is 23.2 Å². The van der Waals surface area contributed by atoms with Crippen molar-refractivity contribution in [3.05, 3.63) is 52.7 Å². The van der Waals surface area contributed by atoms with Crippen LogP contribution in [0.15, 0.2) is 36.5 Å². The minimum absolute atomic E-state index is 0.0000497. The molecule has 192 valence electrons. The van der Waals surface area contributed by atoms with Gasteiger partial charge in [-0.1, -0.05) is 11.6 Å². The number of hydrogen-bond acceptors (Lipinski definition) is 6. The molecule has 1 amide bonds. The Morgan fingerprint density at radius 1 is 1.08 bits per heavy atom. The summed E-state index contributed by atoms with van der Waals surface area (Å²) in [5, 5.41) is 9.50. The fourth-order valence-electron chi connectivity index (χ4n) is 4.46. The van der Waals surface area contributed by atoms with E-state index in [1.165, 1.54) is 6.07 Å². The van der Waals surface area contributed by atoms with Crippen molar-refractivity contribution in [1.82, 2.24) is 9.88 Å². The molecule has 2 heterocycles. The number of nitrogens with zero attached hydrogens (tertiary/aromatic N) is 4. The molecule has 2 aliphatic rings. The summed E-state index contributed by atoms with van der Waals surface area (Å²) in [6, 6.07) is 8.61. The molecule has 1 saturated carbocycles. The average molecular weight is 523 g/mol. The van der Waals surface area contributed by atoms with E-state index in [-0.39, 0.29) is 30.5 Å². The van der Waals surface area contributed by atoms with Crippen LogP contribution < -0.4 is 9.64 Å². The second-order valence-electron chi connectivity index (χ2n) is 8.85. The van der Waals surface area contributed by atoms with E-state index < -0.39 is 17.3 Å². The third-order valence-electron chi connectivity index (χ3n) is 6.45. The van der Waals surface area contributed by atoms with Crippen molar-refractivity contribution < 1.29 is 27.4 Å². The maximum atomic E-state index is 13.2. The van der Waals surface area contributed by atoms with Gasteiger partial charge in [-0.25, -0.2) is 4.98 Å². The molecule has 1 aromatic carbocycles. The summed E-state index contributed by atoms with van der Waals surface area (Å²) >= 11 is 5.89. The van der Waals surface area contributed by atoms with Crippen molar-refractivity contribution in [3.63, 3.8) is 0 Å². The molecular formula is C25H26ClF3N4O3. The summed E-state index contributed by atoms with van der Waals surface area (Å²) in [4.78, 5) is 20.8. The van der Waals surface area contributed by atoms with E-state index in [9.17, 15) is 18.0 Å². The standard InChI is InChI=1S/C25H26ClF3N4O3/c26-18-2-8-23(31-15-18)32-9-11-33(12-10-32)24(34)16-35-19-4-6-20(7-5-19)36-21-3-1-17(14-30)22(13-21)25(27,28)29/h1-3,8,13,15,19-20H,4-7,9-12,16H2/t19-,20-. The molecule has 2 aromatic rings. The third kappa shape index (κ3) is 6.59. The van der Waals surface area contributed by atoms with Gasteiger partial charge in [0, 0.05) is 32.4 Å². The molecule has 1 saturated heterocycles. The van der Waals surface area contributed by atoms with E-state index in [0.29, 0.717) is 56.9 Å². The lowest BCUT2D eigenvalue weighted by molar-refractivity contribution is -0.140. The molecule has 0 radical (unpaired) electrons. The number of anilines is 1. The van der Waals surface area contributed by atoms with Crippen molar-refractivity contribution in [2.75, 3.05) is 37.7 Å². The Hall–Kier alpha value is -3.03. The van der Waals surface area contributed by atoms with Gasteiger partial charge in [0.1, 0.15) is 18.2 Å². The van der Waals surface area contributed by atoms with Crippen LogP contribution in [0.25, 0.3) is 0 Å². The van der Waals surface area contributed by atoms with Gasteiger partial charge in [-0.15, -0.1) is 0 Å². The minimum atomic E-state index is -4.62. The van der Waals surface area contributed by atoms with Gasteiger partial charge < -0.3 is 19.3 Å². The Bertz CT molecular complexity index is 1090. The molecule has 0 spiro atoms. The predicted octanol–water partition coefficient (Wildman–Crippen LogP) is 4.68. The van der Waals surface area contributed by atoms with Gasteiger partial charge in [0.2, 0.25) is 5.91 Å². The largest absolute Gasteiger partial charge is 0.490 e. The number of carbonyl (C=O) groups excluding carboxylic acids is 1. The van der Waals surface area contributed by atoms with Crippen molar-refractivity contribution in [1.29, 1.82) is 5.26 Å². The second kappa shape index (κ2) is 11.4. The smallest absolute Gasteiger partial charge is 0.417 e. The molecule has 0 unspecified atom stereocenters. The zero-order valence-electron chi connectivity index (χ0n) is 19.5. The van der Waals surface area contributed by atoms with E-state index in [4.69, 9.17) is 26.3 Å². The summed E-state index contributed by atoms with van der Waals surface area (Å²) in [6.45, 7) is 2.51. The molecule has 7 nitrogen and oxygen atoms in total. The average Bonchev–Trinajstić information content (AvgIpc) is 2.88. The van der Waals surface area contributed by atoms with Crippen LogP contribution in [0.2, 0.25) is 5.02 Å². The lowest BCUT2D eigenvalue weighted by atomic mass is 9.95. The maximum Gasteiger partial charge on any atom is 0.417 e. The SMILES string of the molecule is N#Cc1ccc(O[C@H]2CC[C@H](OCC(=O)N3CCN(c4ccc(Cl)cn4)CC3)CC2)cc1C(F)(F)F. The zero-order valence-corrected chi connectivity index (χ0v) is 20.3. The monoisotopic (exact) mass is 522 g/mol. The van der Waals surface area contributed by atoms with E-state index in [2.05, 4.69) is 9.88 Å². The first kappa shape index (κ1) is 26.0. The molecule has 0 atom stereocenters. The summed E-state index contributed by atoms with van der Waals surface area (Å²) in [5.41, 5.74) is -1.43. The predicted molar refractivity (Wildman–Crippen MR) is 127 cm³/mol. The molecule has 1 aliphatic carbocycles. The lowest BCUT2D eigenvalue weighted by Gasteiger charge is -2.36. The number of alkyl halides is 3. The summed E-state index contributed by atoms with van der Waals surface area (Å²) in [7, 11) is 0. The van der Waals surface area contributed by atoms with E-state index >= 15 is 0 Å². The Morgan fingerprint density at radius 3 is 2.39 bits per heavy atom. The molecule has 11 heteroatoms. The van der Waals surface area contributed by atoms with Crippen LogP contribution in [0.3, 0.4) is 0 Å². The van der Waals surface area contributed by atoms with Crippen molar-refractivity contribution >= 4 is 23.3 Å². The van der Waals surface area contributed by atoms with Crippen LogP contribution in [0.1, 0.15) is 36.8 Å². The number of halogens is 4. The molecule has 2 fully saturated rings. The molecule has 36 heavy (non-hydrogen) atoms. The summed E-state index contributed by atoms with van der Waals surface area (Å²) < 4.78 is 51.1. The van der Waals surface area contributed by atoms with Gasteiger partial charge in [-0.3, -0.25) is 4.79 Å². The fourth-order valence-corrected chi connectivity index (χ4v) is 4.57. The Morgan fingerprint density at radius 2 is 1.78 bits per heavy atom. The first-order chi connectivity index (χ1) is 17.2. The van der Waals surface area contributed by atoms with Crippen molar-refractivity contribution in [2.45, 2.75) is 44.1 Å². The highest BCUT2D eigenvalue weighted by molar-refractivity contribution is 6.30. The molecule has 1 aromatic heterocycles. The topological polar surface area (TPSA) is 78.7 Å². The minimum Gasteiger partial charge on any atom is -0.490 e. The van der Waals surface area contributed by atoms with Crippen molar-refractivity contribution in [2.24, 2.45) is 0 Å². The lowest BCUT2D eigenvalue weighted by Crippen LogP contribution is -2.50. The van der Waals surface area contributed by atoms with Crippen LogP contribution in [0.5, 0.6) is 5.75 Å². The van der Waals surface area contributed by atoms with Gasteiger partial charge in [0.25, 0.3) is 0 Å². The number of ether oxygens (including phenoxy) is 2. The Kier molecular flexibility index (Phi) is 8.21. The highest BCUT2D eigenvalue weighted by atomic mass is 35.5. The number of hydrogen-bond donors (Lipinski definition) is 0. The van der Waals surface area contributed by atoms with E-state index in [0.717, 1.165) is 18.0 Å². The molecule has 0 N–H and O–H groups in total. The maximum absolute atomic E-state index is 13.2. The highest BCUT2D eigenvalue weighted by Gasteiger charge is 2.34. The molecule has 1 aliphatic heterocycles.